The van der Waals surface area contributed by atoms with Gasteiger partial charge in [0, 0.05) is 0 Å². The van der Waals surface area contributed by atoms with E-state index in [9.17, 15) is 22.8 Å². The van der Waals surface area contributed by atoms with E-state index in [1.165, 1.54) is 12.2 Å². The van der Waals surface area contributed by atoms with Gasteiger partial charge in [-0.25, -0.2) is 18.5 Å². The van der Waals surface area contributed by atoms with Gasteiger partial charge in [-0.15, -0.1) is 0 Å². The molecule has 0 fully saturated rings. The maximum Gasteiger partial charge on any atom is 0.325 e. The van der Waals surface area contributed by atoms with E-state index < -0.39 is 25.0 Å². The fourth-order valence-electron chi connectivity index (χ4n) is 4.02. The summed E-state index contributed by atoms with van der Waals surface area (Å²) in [6.07, 6.45) is 3.36. The molecule has 0 saturated heterocycles. The Morgan fingerprint density at radius 3 is 1.49 bits per heavy atom. The predicted molar refractivity (Wildman–Crippen MR) is 147 cm³/mol. The van der Waals surface area contributed by atoms with Crippen LogP contribution >= 0.6 is 15.2 Å². The minimum absolute atomic E-state index is 0.0983. The molecular formula is C26H26N2O8P2S. The fraction of sp³-hybridized carbons (Fsp3) is 0.231. The number of nitriles is 1. The molecule has 0 spiro atoms. The number of nitrogens with zero attached hydrogens (tertiary/aromatic N) is 2. The summed E-state index contributed by atoms with van der Waals surface area (Å²) in [5, 5.41) is 9.43. The van der Waals surface area contributed by atoms with Gasteiger partial charge in [-0.1, -0.05) is 48.5 Å². The van der Waals surface area contributed by atoms with Crippen molar-refractivity contribution >= 4 is 34.8 Å². The van der Waals surface area contributed by atoms with Crippen molar-refractivity contribution in [3.05, 3.63) is 106 Å². The molecule has 0 unspecified atom stereocenters. The van der Waals surface area contributed by atoms with E-state index in [0.29, 0.717) is 24.0 Å². The van der Waals surface area contributed by atoms with Crippen LogP contribution in [0.25, 0.3) is 14.7 Å². The number of allylic oxidation sites excluding steroid dienone is 4. The third kappa shape index (κ3) is 8.44. The SMILES string of the molecule is [C-]#[N+]C(C#N)=C1C=C(c2ccc(CCCP(=O)(O)O)cc2)S(=O)(=O)C(c2ccc(CCCP(=O)(O)O)cc2)=C1. The second-order valence-electron chi connectivity index (χ2n) is 8.93. The van der Waals surface area contributed by atoms with E-state index in [0.717, 1.165) is 11.1 Å². The molecule has 0 atom stereocenters. The number of rotatable bonds is 10. The van der Waals surface area contributed by atoms with Gasteiger partial charge in [0.25, 0.3) is 5.70 Å². The van der Waals surface area contributed by atoms with E-state index in [2.05, 4.69) is 4.85 Å². The predicted octanol–water partition coefficient (Wildman–Crippen LogP) is 4.41. The highest BCUT2D eigenvalue weighted by atomic mass is 32.2. The molecule has 0 radical (unpaired) electrons. The third-order valence-electron chi connectivity index (χ3n) is 5.95. The number of hydrogen-bond donors (Lipinski definition) is 4. The van der Waals surface area contributed by atoms with Crippen molar-refractivity contribution in [3.63, 3.8) is 0 Å². The van der Waals surface area contributed by atoms with E-state index in [-0.39, 0.29) is 46.2 Å². The summed E-state index contributed by atoms with van der Waals surface area (Å²) in [5.41, 5.74) is 2.05. The lowest BCUT2D eigenvalue weighted by Crippen LogP contribution is -2.11. The average Bonchev–Trinajstić information content (AvgIpc) is 2.85. The van der Waals surface area contributed by atoms with Crippen LogP contribution in [-0.4, -0.2) is 40.3 Å². The number of aryl methyl sites for hydroxylation is 2. The van der Waals surface area contributed by atoms with E-state index in [1.807, 2.05) is 0 Å². The summed E-state index contributed by atoms with van der Waals surface area (Å²) in [7, 11) is -12.3. The molecule has 0 aromatic heterocycles. The average molecular weight is 589 g/mol. The van der Waals surface area contributed by atoms with Gasteiger partial charge in [-0.2, -0.15) is 0 Å². The maximum absolute atomic E-state index is 13.7. The second kappa shape index (κ2) is 12.4. The molecule has 39 heavy (non-hydrogen) atoms. The Morgan fingerprint density at radius 1 is 0.795 bits per heavy atom. The van der Waals surface area contributed by atoms with Crippen LogP contribution in [0.2, 0.25) is 0 Å². The molecule has 4 N–H and O–H groups in total. The van der Waals surface area contributed by atoms with Crippen molar-refractivity contribution in [2.45, 2.75) is 25.7 Å². The van der Waals surface area contributed by atoms with Gasteiger partial charge in [0.15, 0.2) is 0 Å². The highest BCUT2D eigenvalue weighted by Crippen LogP contribution is 2.40. The summed E-state index contributed by atoms with van der Waals surface area (Å²) < 4.78 is 49.6. The van der Waals surface area contributed by atoms with Crippen LogP contribution in [-0.2, 0) is 31.8 Å². The zero-order valence-electron chi connectivity index (χ0n) is 20.6. The number of benzene rings is 2. The van der Waals surface area contributed by atoms with Crippen LogP contribution in [0, 0.1) is 17.9 Å². The molecule has 10 nitrogen and oxygen atoms in total. The summed E-state index contributed by atoms with van der Waals surface area (Å²) in [6, 6.07) is 14.8. The molecule has 2 aromatic rings. The smallest absolute Gasteiger partial charge is 0.324 e. The van der Waals surface area contributed by atoms with E-state index >= 15 is 0 Å². The first-order valence-corrected chi connectivity index (χ1v) is 16.8. The molecule has 1 aliphatic heterocycles. The first-order chi connectivity index (χ1) is 18.2. The van der Waals surface area contributed by atoms with E-state index in [4.69, 9.17) is 26.1 Å². The molecular weight excluding hydrogens is 562 g/mol. The van der Waals surface area contributed by atoms with Crippen LogP contribution in [0.3, 0.4) is 0 Å². The van der Waals surface area contributed by atoms with Crippen LogP contribution < -0.4 is 0 Å². The lowest BCUT2D eigenvalue weighted by molar-refractivity contribution is 0.369. The molecule has 2 aromatic carbocycles. The normalized spacial score (nSPS) is 15.1. The van der Waals surface area contributed by atoms with Gasteiger partial charge < -0.3 is 19.6 Å². The minimum atomic E-state index is -4.11. The highest BCUT2D eigenvalue weighted by molar-refractivity contribution is 8.09. The zero-order valence-corrected chi connectivity index (χ0v) is 23.2. The highest BCUT2D eigenvalue weighted by Gasteiger charge is 2.30. The Labute approximate surface area is 226 Å². The molecule has 1 heterocycles. The Bertz CT molecular complexity index is 1500. The molecule has 13 heteroatoms. The maximum atomic E-state index is 13.7. The van der Waals surface area contributed by atoms with Crippen molar-refractivity contribution in [1.82, 2.24) is 0 Å². The summed E-state index contributed by atoms with van der Waals surface area (Å²) in [4.78, 5) is 39.2. The van der Waals surface area contributed by atoms with Crippen molar-refractivity contribution in [1.29, 1.82) is 5.26 Å². The van der Waals surface area contributed by atoms with Crippen molar-refractivity contribution < 1.29 is 37.1 Å². The van der Waals surface area contributed by atoms with Crippen molar-refractivity contribution in [3.8, 4) is 6.07 Å². The summed E-state index contributed by atoms with van der Waals surface area (Å²) in [6.45, 7) is 7.33. The molecule has 0 aliphatic carbocycles. The first-order valence-electron chi connectivity index (χ1n) is 11.7. The fourth-order valence-corrected chi connectivity index (χ4v) is 6.85. The van der Waals surface area contributed by atoms with Gasteiger partial charge in [0.2, 0.25) is 9.84 Å². The third-order valence-corrected chi connectivity index (χ3v) is 9.61. The van der Waals surface area contributed by atoms with Gasteiger partial charge in [0.05, 0.1) is 34.8 Å². The molecule has 1 aliphatic rings. The van der Waals surface area contributed by atoms with Crippen LogP contribution in [0.15, 0.2) is 72.0 Å². The molecule has 204 valence electrons. The quantitative estimate of drug-likeness (QED) is 0.178. The van der Waals surface area contributed by atoms with Crippen LogP contribution in [0.4, 0.5) is 0 Å². The van der Waals surface area contributed by atoms with Crippen molar-refractivity contribution in [2.24, 2.45) is 0 Å². The molecule has 0 amide bonds. The second-order valence-corrected chi connectivity index (χ2v) is 14.4. The van der Waals surface area contributed by atoms with Crippen LogP contribution in [0.5, 0.6) is 0 Å². The molecule has 0 bridgehead atoms. The van der Waals surface area contributed by atoms with E-state index in [1.54, 1.807) is 54.6 Å². The Hall–Kier alpha value is -3.11. The van der Waals surface area contributed by atoms with Crippen molar-refractivity contribution in [2.75, 3.05) is 12.3 Å². The number of sulfone groups is 1. The minimum Gasteiger partial charge on any atom is -0.324 e. The Morgan fingerprint density at radius 2 is 1.18 bits per heavy atom. The van der Waals surface area contributed by atoms with Gasteiger partial charge in [0.1, 0.15) is 0 Å². The summed E-state index contributed by atoms with van der Waals surface area (Å²) >= 11 is 0. The molecule has 0 saturated carbocycles. The zero-order chi connectivity index (χ0) is 28.8. The Balaban J connectivity index is 1.95. The first kappa shape index (κ1) is 30.4. The summed E-state index contributed by atoms with van der Waals surface area (Å²) in [5.74, 6) is 0. The largest absolute Gasteiger partial charge is 0.325 e. The number of hydrogen-bond acceptors (Lipinski definition) is 5. The monoisotopic (exact) mass is 588 g/mol. The lowest BCUT2D eigenvalue weighted by Gasteiger charge is -2.19. The van der Waals surface area contributed by atoms with Gasteiger partial charge in [-0.05, 0) is 65.7 Å². The topological polar surface area (TPSA) is 177 Å². The van der Waals surface area contributed by atoms with Crippen LogP contribution in [0.1, 0.15) is 35.1 Å². The van der Waals surface area contributed by atoms with Gasteiger partial charge in [-0.3, -0.25) is 9.13 Å². The lowest BCUT2D eigenvalue weighted by atomic mass is 10.0. The standard InChI is InChI=1S/C26H26N2O8P2S/c1-28-24(18-27)23-16-25(21-10-6-19(7-11-21)4-2-14-37(29,30)31)39(35,36)26(17-23)22-12-8-20(9-13-22)5-3-15-38(32,33)34/h6-13,16-17H,2-5,14-15H2,(H2,29,30,31)(H2,32,33,34). The Kier molecular flexibility index (Phi) is 9.66. The van der Waals surface area contributed by atoms with Gasteiger partial charge >= 0.3 is 15.2 Å². The molecule has 3 rings (SSSR count).